The molecule has 0 atom stereocenters. The van der Waals surface area contributed by atoms with Crippen LogP contribution in [0.3, 0.4) is 0 Å². The van der Waals surface area contributed by atoms with Gasteiger partial charge in [0.2, 0.25) is 10.0 Å². The third-order valence-electron chi connectivity index (χ3n) is 3.04. The highest BCUT2D eigenvalue weighted by Crippen LogP contribution is 2.16. The van der Waals surface area contributed by atoms with Crippen LogP contribution in [0.15, 0.2) is 29.2 Å². The molecule has 0 aliphatic heterocycles. The molecule has 0 spiro atoms. The Balaban J connectivity index is 2.89. The van der Waals surface area contributed by atoms with Crippen LogP contribution in [-0.4, -0.2) is 63.6 Å². The van der Waals surface area contributed by atoms with Crippen LogP contribution in [0.5, 0.6) is 0 Å². The van der Waals surface area contributed by atoms with E-state index in [0.29, 0.717) is 13.2 Å². The molecule has 1 amide bonds. The van der Waals surface area contributed by atoms with Gasteiger partial charge in [0.1, 0.15) is 0 Å². The van der Waals surface area contributed by atoms with Crippen molar-refractivity contribution in [3.63, 3.8) is 0 Å². The van der Waals surface area contributed by atoms with E-state index in [9.17, 15) is 18.0 Å². The number of nitrogens with zero attached hydrogens (tertiary/aromatic N) is 1. The van der Waals surface area contributed by atoms with Crippen LogP contribution in [0.1, 0.15) is 16.8 Å². The summed E-state index contributed by atoms with van der Waals surface area (Å²) >= 11 is 0. The first-order valence-corrected chi connectivity index (χ1v) is 8.28. The van der Waals surface area contributed by atoms with Crippen LogP contribution in [0.2, 0.25) is 0 Å². The Morgan fingerprint density at radius 2 is 2.04 bits per heavy atom. The maximum atomic E-state index is 12.4. The van der Waals surface area contributed by atoms with Crippen LogP contribution in [-0.2, 0) is 19.6 Å². The molecule has 1 aromatic rings. The molecule has 0 saturated heterocycles. The fourth-order valence-corrected chi connectivity index (χ4v) is 2.94. The molecule has 0 aromatic heterocycles. The maximum absolute atomic E-state index is 12.4. The molecule has 0 radical (unpaired) electrons. The molecule has 128 valence electrons. The van der Waals surface area contributed by atoms with Crippen molar-refractivity contribution in [2.75, 3.05) is 33.9 Å². The average molecular weight is 344 g/mol. The van der Waals surface area contributed by atoms with E-state index in [0.717, 1.165) is 4.31 Å². The van der Waals surface area contributed by atoms with Gasteiger partial charge in [-0.2, -0.15) is 0 Å². The van der Waals surface area contributed by atoms with Crippen molar-refractivity contribution in [1.29, 1.82) is 0 Å². The van der Waals surface area contributed by atoms with Gasteiger partial charge in [0.05, 0.1) is 17.9 Å². The number of sulfonamides is 1. The van der Waals surface area contributed by atoms with Gasteiger partial charge in [-0.05, 0) is 18.2 Å². The molecule has 23 heavy (non-hydrogen) atoms. The zero-order valence-electron chi connectivity index (χ0n) is 13.0. The third kappa shape index (κ3) is 5.62. The predicted molar refractivity (Wildman–Crippen MR) is 82.7 cm³/mol. The second kappa shape index (κ2) is 8.61. The van der Waals surface area contributed by atoms with Crippen molar-refractivity contribution in [1.82, 2.24) is 9.62 Å². The molecule has 1 rings (SSSR count). The largest absolute Gasteiger partial charge is 0.481 e. The molecule has 0 aliphatic carbocycles. The number of aliphatic carboxylic acids is 1. The Morgan fingerprint density at radius 3 is 2.65 bits per heavy atom. The smallest absolute Gasteiger partial charge is 0.304 e. The lowest BCUT2D eigenvalue weighted by Gasteiger charge is -2.16. The fourth-order valence-electron chi connectivity index (χ4n) is 1.72. The standard InChI is InChI=1S/C14H20N2O6S/c1-16(8-6-13(17)18)23(20,21)12-5-3-4-11(10-12)14(19)15-7-9-22-2/h3-5,10H,6-9H2,1-2H3,(H,15,19)(H,17,18). The summed E-state index contributed by atoms with van der Waals surface area (Å²) in [7, 11) is -1.05. The van der Waals surface area contributed by atoms with E-state index < -0.39 is 21.9 Å². The molecular formula is C14H20N2O6S. The lowest BCUT2D eigenvalue weighted by atomic mass is 10.2. The van der Waals surface area contributed by atoms with E-state index in [1.54, 1.807) is 0 Å². The van der Waals surface area contributed by atoms with E-state index in [1.165, 1.54) is 38.4 Å². The molecule has 0 unspecified atom stereocenters. The average Bonchev–Trinajstić information content (AvgIpc) is 2.52. The van der Waals surface area contributed by atoms with E-state index in [2.05, 4.69) is 5.32 Å². The summed E-state index contributed by atoms with van der Waals surface area (Å²) in [6.07, 6.45) is -0.299. The summed E-state index contributed by atoms with van der Waals surface area (Å²) in [5.41, 5.74) is 0.203. The van der Waals surface area contributed by atoms with Gasteiger partial charge < -0.3 is 15.2 Å². The van der Waals surface area contributed by atoms with E-state index in [4.69, 9.17) is 9.84 Å². The summed E-state index contributed by atoms with van der Waals surface area (Å²) in [6, 6.07) is 5.58. The Labute approximate surface area is 135 Å². The molecule has 0 saturated carbocycles. The SMILES string of the molecule is COCCNC(=O)c1cccc(S(=O)(=O)N(C)CCC(=O)O)c1. The Bertz CT molecular complexity index is 659. The van der Waals surface area contributed by atoms with E-state index >= 15 is 0 Å². The third-order valence-corrected chi connectivity index (χ3v) is 4.89. The molecule has 9 heteroatoms. The Hall–Kier alpha value is -1.97. The highest BCUT2D eigenvalue weighted by molar-refractivity contribution is 7.89. The van der Waals surface area contributed by atoms with Crippen molar-refractivity contribution in [3.05, 3.63) is 29.8 Å². The number of nitrogens with one attached hydrogen (secondary N) is 1. The number of ether oxygens (including phenoxy) is 1. The summed E-state index contributed by atoms with van der Waals surface area (Å²) in [5.74, 6) is -1.49. The fraction of sp³-hybridized carbons (Fsp3) is 0.429. The number of rotatable bonds is 9. The van der Waals surface area contributed by atoms with Gasteiger partial charge in [-0.25, -0.2) is 12.7 Å². The van der Waals surface area contributed by atoms with Gasteiger partial charge in [0, 0.05) is 32.8 Å². The second-order valence-electron chi connectivity index (χ2n) is 4.75. The van der Waals surface area contributed by atoms with Crippen molar-refractivity contribution < 1.29 is 27.9 Å². The van der Waals surface area contributed by atoms with Crippen molar-refractivity contribution in [2.24, 2.45) is 0 Å². The van der Waals surface area contributed by atoms with E-state index in [-0.39, 0.29) is 23.4 Å². The van der Waals surface area contributed by atoms with Crippen LogP contribution in [0, 0.1) is 0 Å². The molecule has 2 N–H and O–H groups in total. The van der Waals surface area contributed by atoms with Gasteiger partial charge in [-0.3, -0.25) is 9.59 Å². The first-order chi connectivity index (χ1) is 10.8. The predicted octanol–water partition coefficient (Wildman–Crippen LogP) is 0.158. The summed E-state index contributed by atoms with van der Waals surface area (Å²) in [6.45, 7) is 0.508. The minimum Gasteiger partial charge on any atom is -0.481 e. The van der Waals surface area contributed by atoms with Gasteiger partial charge in [0.15, 0.2) is 0 Å². The van der Waals surface area contributed by atoms with Crippen LogP contribution >= 0.6 is 0 Å². The molecule has 0 heterocycles. The summed E-state index contributed by atoms with van der Waals surface area (Å²) < 4.78 is 30.5. The first kappa shape index (κ1) is 19.1. The van der Waals surface area contributed by atoms with Gasteiger partial charge in [-0.1, -0.05) is 6.07 Å². The normalized spacial score (nSPS) is 11.4. The summed E-state index contributed by atoms with van der Waals surface area (Å²) in [4.78, 5) is 22.4. The van der Waals surface area contributed by atoms with Crippen molar-refractivity contribution in [2.45, 2.75) is 11.3 Å². The maximum Gasteiger partial charge on any atom is 0.304 e. The quantitative estimate of drug-likeness (QED) is 0.617. The monoisotopic (exact) mass is 344 g/mol. The van der Waals surface area contributed by atoms with Gasteiger partial charge >= 0.3 is 5.97 Å². The lowest BCUT2D eigenvalue weighted by molar-refractivity contribution is -0.137. The minimum absolute atomic E-state index is 0.0650. The minimum atomic E-state index is -3.85. The van der Waals surface area contributed by atoms with E-state index in [1.807, 2.05) is 0 Å². The van der Waals surface area contributed by atoms with Gasteiger partial charge in [-0.15, -0.1) is 0 Å². The lowest BCUT2D eigenvalue weighted by Crippen LogP contribution is -2.30. The van der Waals surface area contributed by atoms with Crippen molar-refractivity contribution in [3.8, 4) is 0 Å². The molecule has 0 fully saturated rings. The number of carboxylic acid groups (broad SMARTS) is 1. The Morgan fingerprint density at radius 1 is 1.35 bits per heavy atom. The topological polar surface area (TPSA) is 113 Å². The molecular weight excluding hydrogens is 324 g/mol. The second-order valence-corrected chi connectivity index (χ2v) is 6.79. The molecule has 1 aromatic carbocycles. The molecule has 0 bridgehead atoms. The number of carbonyl (C=O) groups excluding carboxylic acids is 1. The first-order valence-electron chi connectivity index (χ1n) is 6.84. The van der Waals surface area contributed by atoms with Crippen LogP contribution in [0.25, 0.3) is 0 Å². The van der Waals surface area contributed by atoms with Crippen LogP contribution < -0.4 is 5.32 Å². The van der Waals surface area contributed by atoms with Crippen molar-refractivity contribution >= 4 is 21.9 Å². The number of carbonyl (C=O) groups is 2. The number of carboxylic acids is 1. The highest BCUT2D eigenvalue weighted by atomic mass is 32.2. The Kier molecular flexibility index (Phi) is 7.14. The highest BCUT2D eigenvalue weighted by Gasteiger charge is 2.22. The van der Waals surface area contributed by atoms with Gasteiger partial charge in [0.25, 0.3) is 5.91 Å². The number of methoxy groups -OCH3 is 1. The number of hydrogen-bond donors (Lipinski definition) is 2. The molecule has 8 nitrogen and oxygen atoms in total. The number of benzene rings is 1. The molecule has 0 aliphatic rings. The summed E-state index contributed by atoms with van der Waals surface area (Å²) in [5, 5.41) is 11.2. The number of amides is 1. The number of hydrogen-bond acceptors (Lipinski definition) is 5. The zero-order valence-corrected chi connectivity index (χ0v) is 13.8. The van der Waals surface area contributed by atoms with Crippen LogP contribution in [0.4, 0.5) is 0 Å². The zero-order chi connectivity index (χ0) is 17.5.